The van der Waals surface area contributed by atoms with Crippen molar-refractivity contribution in [2.75, 3.05) is 0 Å². The van der Waals surface area contributed by atoms with E-state index >= 15 is 0 Å². The molecule has 0 aromatic carbocycles. The van der Waals surface area contributed by atoms with Gasteiger partial charge in [-0.2, -0.15) is 5.10 Å². The number of hydrogen-bond acceptors (Lipinski definition) is 2. The number of aromatic nitrogens is 3. The Morgan fingerprint density at radius 2 is 2.15 bits per heavy atom. The van der Waals surface area contributed by atoms with Crippen molar-refractivity contribution in [2.24, 2.45) is 7.05 Å². The highest BCUT2D eigenvalue weighted by molar-refractivity contribution is 9.10. The quantitative estimate of drug-likeness (QED) is 0.910. The van der Waals surface area contributed by atoms with Crippen molar-refractivity contribution >= 4 is 21.8 Å². The summed E-state index contributed by atoms with van der Waals surface area (Å²) < 4.78 is 4.62. The van der Waals surface area contributed by atoms with E-state index in [2.05, 4.69) is 33.3 Å². The summed E-state index contributed by atoms with van der Waals surface area (Å²) in [5, 5.41) is 7.33. The van der Waals surface area contributed by atoms with E-state index in [0.29, 0.717) is 12.2 Å². The van der Waals surface area contributed by atoms with E-state index in [1.54, 1.807) is 4.68 Å². The maximum absolute atomic E-state index is 12.2. The first-order chi connectivity index (χ1) is 9.55. The summed E-state index contributed by atoms with van der Waals surface area (Å²) in [6.45, 7) is 5.34. The van der Waals surface area contributed by atoms with Crippen LogP contribution in [0.1, 0.15) is 35.6 Å². The second-order valence-electron chi connectivity index (χ2n) is 4.64. The van der Waals surface area contributed by atoms with Crippen molar-refractivity contribution < 1.29 is 4.79 Å². The Kier molecular flexibility index (Phi) is 4.65. The summed E-state index contributed by atoms with van der Waals surface area (Å²) in [5.74, 6) is -0.0662. The number of carbonyl (C=O) groups excluding carboxylic acids is 1. The first kappa shape index (κ1) is 14.8. The Morgan fingerprint density at radius 1 is 1.40 bits per heavy atom. The fraction of sp³-hybridized carbons (Fsp3) is 0.429. The standard InChI is InChI=1S/C14H19BrN4O/c1-4-12-10(8-18(3)17-12)7-16-14(20)13-6-11(15)9-19(13)5-2/h6,8-9H,4-5,7H2,1-3H3,(H,16,20). The molecule has 0 aliphatic carbocycles. The van der Waals surface area contributed by atoms with Crippen LogP contribution in [-0.2, 0) is 26.6 Å². The van der Waals surface area contributed by atoms with Crippen LogP contribution in [0.2, 0.25) is 0 Å². The molecular weight excluding hydrogens is 320 g/mol. The molecule has 0 fully saturated rings. The second kappa shape index (κ2) is 6.26. The molecule has 2 aromatic heterocycles. The molecule has 1 N–H and O–H groups in total. The van der Waals surface area contributed by atoms with Gasteiger partial charge >= 0.3 is 0 Å². The summed E-state index contributed by atoms with van der Waals surface area (Å²) >= 11 is 3.40. The minimum Gasteiger partial charge on any atom is -0.347 e. The lowest BCUT2D eigenvalue weighted by Crippen LogP contribution is -2.25. The van der Waals surface area contributed by atoms with Gasteiger partial charge in [0.2, 0.25) is 0 Å². The number of carbonyl (C=O) groups is 1. The monoisotopic (exact) mass is 338 g/mol. The Hall–Kier alpha value is -1.56. The van der Waals surface area contributed by atoms with Crippen molar-refractivity contribution in [2.45, 2.75) is 33.4 Å². The Balaban J connectivity index is 2.08. The van der Waals surface area contributed by atoms with Gasteiger partial charge in [0.25, 0.3) is 5.91 Å². The van der Waals surface area contributed by atoms with Crippen LogP contribution >= 0.6 is 15.9 Å². The molecule has 108 valence electrons. The molecule has 2 rings (SSSR count). The Bertz CT molecular complexity index is 615. The zero-order valence-corrected chi connectivity index (χ0v) is 13.6. The van der Waals surface area contributed by atoms with E-state index in [9.17, 15) is 4.79 Å². The van der Waals surface area contributed by atoms with Crippen LogP contribution in [0.15, 0.2) is 22.9 Å². The lowest BCUT2D eigenvalue weighted by molar-refractivity contribution is 0.0941. The highest BCUT2D eigenvalue weighted by Crippen LogP contribution is 2.15. The van der Waals surface area contributed by atoms with Gasteiger partial charge in [-0.05, 0) is 35.3 Å². The lowest BCUT2D eigenvalue weighted by atomic mass is 10.2. The Labute approximate surface area is 127 Å². The van der Waals surface area contributed by atoms with Crippen LogP contribution in [0.5, 0.6) is 0 Å². The molecule has 0 saturated carbocycles. The third-order valence-electron chi connectivity index (χ3n) is 3.20. The normalized spacial score (nSPS) is 10.8. The van der Waals surface area contributed by atoms with Crippen LogP contribution in [-0.4, -0.2) is 20.3 Å². The molecule has 0 saturated heterocycles. The zero-order valence-electron chi connectivity index (χ0n) is 12.0. The molecule has 20 heavy (non-hydrogen) atoms. The summed E-state index contributed by atoms with van der Waals surface area (Å²) in [6, 6.07) is 1.84. The summed E-state index contributed by atoms with van der Waals surface area (Å²) in [6.07, 6.45) is 4.73. The fourth-order valence-electron chi connectivity index (χ4n) is 2.22. The molecule has 0 aliphatic rings. The molecule has 5 nitrogen and oxygen atoms in total. The number of rotatable bonds is 5. The van der Waals surface area contributed by atoms with E-state index in [-0.39, 0.29) is 5.91 Å². The maximum atomic E-state index is 12.2. The van der Waals surface area contributed by atoms with Gasteiger partial charge in [0, 0.05) is 42.6 Å². The maximum Gasteiger partial charge on any atom is 0.268 e. The second-order valence-corrected chi connectivity index (χ2v) is 5.56. The minimum atomic E-state index is -0.0662. The molecule has 6 heteroatoms. The number of halogens is 1. The van der Waals surface area contributed by atoms with Gasteiger partial charge in [-0.3, -0.25) is 9.48 Å². The molecule has 1 amide bonds. The fourth-order valence-corrected chi connectivity index (χ4v) is 2.69. The van der Waals surface area contributed by atoms with Gasteiger partial charge in [-0.15, -0.1) is 0 Å². The summed E-state index contributed by atoms with van der Waals surface area (Å²) in [7, 11) is 1.89. The van der Waals surface area contributed by atoms with Crippen molar-refractivity contribution in [1.29, 1.82) is 0 Å². The molecule has 0 radical (unpaired) electrons. The van der Waals surface area contributed by atoms with Crippen LogP contribution < -0.4 is 5.32 Å². The molecular formula is C14H19BrN4O. The highest BCUT2D eigenvalue weighted by atomic mass is 79.9. The molecule has 0 unspecified atom stereocenters. The smallest absolute Gasteiger partial charge is 0.268 e. The first-order valence-corrected chi connectivity index (χ1v) is 7.49. The van der Waals surface area contributed by atoms with Gasteiger partial charge < -0.3 is 9.88 Å². The number of hydrogen-bond donors (Lipinski definition) is 1. The predicted molar refractivity (Wildman–Crippen MR) is 81.6 cm³/mol. The van der Waals surface area contributed by atoms with Crippen LogP contribution in [0.3, 0.4) is 0 Å². The van der Waals surface area contributed by atoms with Crippen LogP contribution in [0, 0.1) is 0 Å². The third-order valence-corrected chi connectivity index (χ3v) is 3.64. The SMILES string of the molecule is CCc1nn(C)cc1CNC(=O)c1cc(Br)cn1CC. The van der Waals surface area contributed by atoms with Gasteiger partial charge in [0.15, 0.2) is 0 Å². The first-order valence-electron chi connectivity index (χ1n) is 6.70. The topological polar surface area (TPSA) is 51.9 Å². The van der Waals surface area contributed by atoms with Crippen LogP contribution in [0.25, 0.3) is 0 Å². The van der Waals surface area contributed by atoms with Crippen LogP contribution in [0.4, 0.5) is 0 Å². The van der Waals surface area contributed by atoms with Gasteiger partial charge in [0.1, 0.15) is 5.69 Å². The van der Waals surface area contributed by atoms with Gasteiger partial charge in [-0.25, -0.2) is 0 Å². The van der Waals surface area contributed by atoms with Crippen molar-refractivity contribution in [3.05, 3.63) is 39.9 Å². The molecule has 0 aliphatic heterocycles. The van der Waals surface area contributed by atoms with E-state index in [1.165, 1.54) is 0 Å². The number of nitrogens with zero attached hydrogens (tertiary/aromatic N) is 3. The number of aryl methyl sites for hydroxylation is 3. The molecule has 0 atom stereocenters. The van der Waals surface area contributed by atoms with E-state index in [1.807, 2.05) is 37.0 Å². The van der Waals surface area contributed by atoms with Crippen molar-refractivity contribution in [3.8, 4) is 0 Å². The van der Waals surface area contributed by atoms with Gasteiger partial charge in [-0.1, -0.05) is 6.92 Å². The number of amides is 1. The van der Waals surface area contributed by atoms with E-state index in [4.69, 9.17) is 0 Å². The summed E-state index contributed by atoms with van der Waals surface area (Å²) in [5.41, 5.74) is 2.76. The van der Waals surface area contributed by atoms with E-state index in [0.717, 1.165) is 28.7 Å². The van der Waals surface area contributed by atoms with E-state index < -0.39 is 0 Å². The number of nitrogens with one attached hydrogen (secondary N) is 1. The molecule has 0 bridgehead atoms. The summed E-state index contributed by atoms with van der Waals surface area (Å²) in [4.78, 5) is 12.2. The third kappa shape index (κ3) is 3.12. The largest absolute Gasteiger partial charge is 0.347 e. The Morgan fingerprint density at radius 3 is 2.80 bits per heavy atom. The highest BCUT2D eigenvalue weighted by Gasteiger charge is 2.13. The molecule has 0 spiro atoms. The van der Waals surface area contributed by atoms with Gasteiger partial charge in [0.05, 0.1) is 5.69 Å². The minimum absolute atomic E-state index is 0.0662. The average molecular weight is 339 g/mol. The van der Waals surface area contributed by atoms with Crippen molar-refractivity contribution in [3.63, 3.8) is 0 Å². The van der Waals surface area contributed by atoms with Crippen molar-refractivity contribution in [1.82, 2.24) is 19.7 Å². The molecule has 2 heterocycles. The zero-order chi connectivity index (χ0) is 14.7. The lowest BCUT2D eigenvalue weighted by Gasteiger charge is -2.07. The molecule has 2 aromatic rings. The predicted octanol–water partition coefficient (Wildman–Crippen LogP) is 2.50. The average Bonchev–Trinajstić information content (AvgIpc) is 2.98.